The molecule has 1 aliphatic carbocycles. The molecular formula is C48H48N2. The summed E-state index contributed by atoms with van der Waals surface area (Å²) in [4.78, 5) is 10.1. The van der Waals surface area contributed by atoms with E-state index in [1.807, 2.05) is 25.2 Å². The first-order valence-corrected chi connectivity index (χ1v) is 18.2. The molecule has 0 saturated carbocycles. The highest BCUT2D eigenvalue weighted by Crippen LogP contribution is 2.42. The molecule has 5 aromatic rings. The van der Waals surface area contributed by atoms with E-state index in [1.165, 1.54) is 33.4 Å². The van der Waals surface area contributed by atoms with Crippen molar-refractivity contribution in [2.45, 2.75) is 64.7 Å². The summed E-state index contributed by atoms with van der Waals surface area (Å²) in [7, 11) is 0. The van der Waals surface area contributed by atoms with Crippen molar-refractivity contribution in [1.29, 1.82) is 0 Å². The summed E-state index contributed by atoms with van der Waals surface area (Å²) in [6, 6.07) is 40.1. The Balaban J connectivity index is 1.37. The fourth-order valence-corrected chi connectivity index (χ4v) is 7.36. The molecule has 0 fully saturated rings. The molecule has 0 aliphatic heterocycles. The van der Waals surface area contributed by atoms with Crippen LogP contribution in [-0.2, 0) is 5.41 Å². The monoisotopic (exact) mass is 652 g/mol. The number of hydrogen-bond acceptors (Lipinski definition) is 2. The third kappa shape index (κ3) is 7.61. The number of allylic oxidation sites excluding steroid dienone is 9. The third-order valence-corrected chi connectivity index (χ3v) is 9.75. The Bertz CT molecular complexity index is 2020. The Morgan fingerprint density at radius 2 is 1.32 bits per heavy atom. The van der Waals surface area contributed by atoms with E-state index >= 15 is 0 Å². The molecule has 1 aromatic heterocycles. The summed E-state index contributed by atoms with van der Waals surface area (Å²) in [6.07, 6.45) is 21.0. The summed E-state index contributed by atoms with van der Waals surface area (Å²) >= 11 is 0. The zero-order chi connectivity index (χ0) is 34.8. The summed E-state index contributed by atoms with van der Waals surface area (Å²) < 4.78 is 0. The van der Waals surface area contributed by atoms with E-state index in [-0.39, 0.29) is 5.41 Å². The average Bonchev–Trinajstić information content (AvgIpc) is 3.18. The maximum Gasteiger partial charge on any atom is 0.160 e. The number of aromatic nitrogens is 2. The number of hydrogen-bond donors (Lipinski definition) is 0. The molecule has 2 heteroatoms. The summed E-state index contributed by atoms with van der Waals surface area (Å²) in [5.74, 6) is 0.762. The van der Waals surface area contributed by atoms with Crippen LogP contribution in [0.15, 0.2) is 158 Å². The SMILES string of the molecule is C=C/C=C(\C=C/C)c1cc(-c2ccc(C(CCC)(CCC)c3ccc(-c4cccc(-c5ccccc5)c4)cc3)cc2)nc(C2=CCCC=C2)n1. The normalized spacial score (nSPS) is 13.4. The van der Waals surface area contributed by atoms with Gasteiger partial charge in [0.05, 0.1) is 11.4 Å². The van der Waals surface area contributed by atoms with Crippen molar-refractivity contribution in [1.82, 2.24) is 9.97 Å². The van der Waals surface area contributed by atoms with Crippen LogP contribution in [-0.4, -0.2) is 9.97 Å². The molecule has 50 heavy (non-hydrogen) atoms. The second-order valence-corrected chi connectivity index (χ2v) is 13.1. The first kappa shape index (κ1) is 34.5. The van der Waals surface area contributed by atoms with Crippen molar-refractivity contribution in [2.75, 3.05) is 0 Å². The predicted molar refractivity (Wildman–Crippen MR) is 215 cm³/mol. The molecule has 0 unspecified atom stereocenters. The summed E-state index contributed by atoms with van der Waals surface area (Å²) in [5, 5.41) is 0. The molecule has 1 heterocycles. The van der Waals surface area contributed by atoms with Gasteiger partial charge < -0.3 is 0 Å². The van der Waals surface area contributed by atoms with E-state index in [4.69, 9.17) is 9.97 Å². The lowest BCUT2D eigenvalue weighted by Crippen LogP contribution is -2.27. The Morgan fingerprint density at radius 1 is 0.700 bits per heavy atom. The molecule has 0 atom stereocenters. The van der Waals surface area contributed by atoms with Crippen molar-refractivity contribution in [3.63, 3.8) is 0 Å². The van der Waals surface area contributed by atoms with E-state index in [0.717, 1.165) is 72.4 Å². The Hall–Kier alpha value is -5.34. The molecule has 0 radical (unpaired) electrons. The largest absolute Gasteiger partial charge is 0.228 e. The summed E-state index contributed by atoms with van der Waals surface area (Å²) in [5.41, 5.74) is 12.6. The van der Waals surface area contributed by atoms with Crippen LogP contribution in [0.4, 0.5) is 0 Å². The fraction of sp³-hybridized carbons (Fsp3) is 0.208. The predicted octanol–water partition coefficient (Wildman–Crippen LogP) is 13.2. The van der Waals surface area contributed by atoms with E-state index in [9.17, 15) is 0 Å². The highest BCUT2D eigenvalue weighted by atomic mass is 14.9. The summed E-state index contributed by atoms with van der Waals surface area (Å²) in [6.45, 7) is 10.6. The number of nitrogens with zero attached hydrogens (tertiary/aromatic N) is 2. The first-order valence-electron chi connectivity index (χ1n) is 18.2. The maximum absolute atomic E-state index is 5.11. The van der Waals surface area contributed by atoms with Gasteiger partial charge in [0.25, 0.3) is 0 Å². The highest BCUT2D eigenvalue weighted by molar-refractivity contribution is 5.79. The third-order valence-electron chi connectivity index (χ3n) is 9.75. The van der Waals surface area contributed by atoms with E-state index in [2.05, 4.69) is 154 Å². The van der Waals surface area contributed by atoms with Gasteiger partial charge in [0.15, 0.2) is 5.82 Å². The van der Waals surface area contributed by atoms with Crippen molar-refractivity contribution in [2.24, 2.45) is 0 Å². The molecule has 4 aromatic carbocycles. The minimum absolute atomic E-state index is 0.0715. The zero-order valence-corrected chi connectivity index (χ0v) is 29.8. The maximum atomic E-state index is 5.11. The fourth-order valence-electron chi connectivity index (χ4n) is 7.36. The van der Waals surface area contributed by atoms with Gasteiger partial charge in [0.1, 0.15) is 0 Å². The number of benzene rings is 4. The van der Waals surface area contributed by atoms with Gasteiger partial charge >= 0.3 is 0 Å². The molecular weight excluding hydrogens is 605 g/mol. The van der Waals surface area contributed by atoms with Crippen LogP contribution in [0.2, 0.25) is 0 Å². The smallest absolute Gasteiger partial charge is 0.160 e. The highest BCUT2D eigenvalue weighted by Gasteiger charge is 2.32. The van der Waals surface area contributed by atoms with Crippen molar-refractivity contribution in [3.05, 3.63) is 181 Å². The lowest BCUT2D eigenvalue weighted by molar-refractivity contribution is 0.426. The molecule has 250 valence electrons. The minimum atomic E-state index is -0.0715. The van der Waals surface area contributed by atoms with Gasteiger partial charge in [-0.25, -0.2) is 9.97 Å². The molecule has 0 bridgehead atoms. The van der Waals surface area contributed by atoms with Crippen LogP contribution in [0.5, 0.6) is 0 Å². The molecule has 0 saturated heterocycles. The minimum Gasteiger partial charge on any atom is -0.228 e. The van der Waals surface area contributed by atoms with Crippen LogP contribution < -0.4 is 0 Å². The van der Waals surface area contributed by atoms with Crippen molar-refractivity contribution in [3.8, 4) is 33.5 Å². The van der Waals surface area contributed by atoms with Gasteiger partial charge in [-0.05, 0) is 83.7 Å². The Morgan fingerprint density at radius 3 is 1.90 bits per heavy atom. The average molecular weight is 653 g/mol. The van der Waals surface area contributed by atoms with Crippen LogP contribution in [0, 0.1) is 0 Å². The van der Waals surface area contributed by atoms with E-state index in [0.29, 0.717) is 0 Å². The Labute approximate surface area is 299 Å². The van der Waals surface area contributed by atoms with E-state index < -0.39 is 0 Å². The second-order valence-electron chi connectivity index (χ2n) is 13.1. The zero-order valence-electron chi connectivity index (χ0n) is 29.8. The van der Waals surface area contributed by atoms with Crippen molar-refractivity contribution >= 4 is 11.1 Å². The van der Waals surface area contributed by atoms with E-state index in [1.54, 1.807) is 0 Å². The van der Waals surface area contributed by atoms with Crippen LogP contribution >= 0.6 is 0 Å². The molecule has 0 amide bonds. The van der Waals surface area contributed by atoms with Crippen LogP contribution in [0.3, 0.4) is 0 Å². The lowest BCUT2D eigenvalue weighted by Gasteiger charge is -2.35. The molecule has 2 nitrogen and oxygen atoms in total. The van der Waals surface area contributed by atoms with Gasteiger partial charge in [-0.15, -0.1) is 0 Å². The van der Waals surface area contributed by atoms with Crippen LogP contribution in [0.1, 0.15) is 81.9 Å². The Kier molecular flexibility index (Phi) is 11.3. The van der Waals surface area contributed by atoms with Gasteiger partial charge in [-0.3, -0.25) is 0 Å². The van der Waals surface area contributed by atoms with Crippen molar-refractivity contribution < 1.29 is 0 Å². The van der Waals surface area contributed by atoms with Gasteiger partial charge in [-0.2, -0.15) is 0 Å². The molecule has 0 spiro atoms. The van der Waals surface area contributed by atoms with Gasteiger partial charge in [0.2, 0.25) is 0 Å². The topological polar surface area (TPSA) is 25.8 Å². The van der Waals surface area contributed by atoms with Gasteiger partial charge in [0, 0.05) is 16.6 Å². The molecule has 1 aliphatic rings. The van der Waals surface area contributed by atoms with Crippen LogP contribution in [0.25, 0.3) is 44.7 Å². The van der Waals surface area contributed by atoms with Gasteiger partial charge in [-0.1, -0.05) is 173 Å². The lowest BCUT2D eigenvalue weighted by atomic mass is 9.68. The quantitative estimate of drug-likeness (QED) is 0.118. The number of rotatable bonds is 13. The first-order chi connectivity index (χ1) is 24.6. The molecule has 6 rings (SSSR count). The second kappa shape index (κ2) is 16.4. The standard InChI is InChI=1S/C48H48N2/c1-5-16-38(17-6-2)45-35-46(50-47(49-45)40-20-13-10-14-21-40)39-26-30-44(31-27-39)48(32-7-3,33-8-4)43-28-24-37(25-29-43)42-23-15-22-41(34-42)36-18-11-9-12-19-36/h5-6,9,11-13,15-31,34-35H,1,7-8,10,14,32-33H2,2-4H3/b17-6-,38-16+. The molecule has 0 N–H and O–H groups in total.